The lowest BCUT2D eigenvalue weighted by Gasteiger charge is -2.12. The molecular formula is C18H16ClN3O4. The summed E-state index contributed by atoms with van der Waals surface area (Å²) in [6.45, 7) is 2.91. The van der Waals surface area contributed by atoms with E-state index in [-0.39, 0.29) is 6.61 Å². The van der Waals surface area contributed by atoms with Gasteiger partial charge in [-0.15, -0.1) is 0 Å². The van der Waals surface area contributed by atoms with E-state index in [0.29, 0.717) is 46.6 Å². The van der Waals surface area contributed by atoms with Gasteiger partial charge in [-0.25, -0.2) is 14.3 Å². The van der Waals surface area contributed by atoms with Gasteiger partial charge in [0.15, 0.2) is 17.1 Å². The Kier molecular flexibility index (Phi) is 4.38. The third-order valence-corrected chi connectivity index (χ3v) is 4.29. The molecule has 0 radical (unpaired) electrons. The monoisotopic (exact) mass is 373 g/mol. The van der Waals surface area contributed by atoms with Crippen LogP contribution in [0.1, 0.15) is 28.0 Å². The Morgan fingerprint density at radius 3 is 3.08 bits per heavy atom. The first-order chi connectivity index (χ1) is 12.6. The molecule has 0 saturated heterocycles. The average Bonchev–Trinajstić information content (AvgIpc) is 2.79. The van der Waals surface area contributed by atoms with Crippen LogP contribution in [0, 0.1) is 6.92 Å². The van der Waals surface area contributed by atoms with Gasteiger partial charge in [0.2, 0.25) is 0 Å². The number of carbonyl (C=O) groups is 1. The number of carbonyl (C=O) groups excluding carboxylic acids is 1. The maximum absolute atomic E-state index is 12.5. The topological polar surface area (TPSA) is 75.0 Å². The minimum atomic E-state index is -0.487. The fourth-order valence-electron chi connectivity index (χ4n) is 2.82. The first kappa shape index (κ1) is 16.7. The van der Waals surface area contributed by atoms with Crippen LogP contribution in [0.4, 0.5) is 0 Å². The Hall–Kier alpha value is -2.80. The quantitative estimate of drug-likeness (QED) is 0.656. The molecule has 2 aromatic heterocycles. The number of hydrogen-bond acceptors (Lipinski definition) is 6. The lowest BCUT2D eigenvalue weighted by Crippen LogP contribution is -2.07. The summed E-state index contributed by atoms with van der Waals surface area (Å²) >= 11 is 6.27. The van der Waals surface area contributed by atoms with Crippen molar-refractivity contribution in [2.75, 3.05) is 13.2 Å². The lowest BCUT2D eigenvalue weighted by atomic mass is 10.2. The van der Waals surface area contributed by atoms with Crippen LogP contribution in [0.25, 0.3) is 5.65 Å². The Balaban J connectivity index is 1.55. The molecule has 0 bridgehead atoms. The van der Waals surface area contributed by atoms with Crippen LogP contribution in [0.2, 0.25) is 5.02 Å². The molecule has 1 aliphatic rings. The molecule has 0 atom stereocenters. The van der Waals surface area contributed by atoms with Crippen LogP contribution in [-0.4, -0.2) is 33.8 Å². The number of rotatable bonds is 3. The molecule has 0 fully saturated rings. The first-order valence-corrected chi connectivity index (χ1v) is 8.56. The Labute approximate surface area is 154 Å². The van der Waals surface area contributed by atoms with Gasteiger partial charge in [-0.1, -0.05) is 11.6 Å². The predicted molar refractivity (Wildman–Crippen MR) is 93.9 cm³/mol. The molecule has 1 aromatic carbocycles. The maximum Gasteiger partial charge on any atom is 0.344 e. The van der Waals surface area contributed by atoms with E-state index >= 15 is 0 Å². The van der Waals surface area contributed by atoms with Gasteiger partial charge in [0.1, 0.15) is 12.2 Å². The van der Waals surface area contributed by atoms with E-state index < -0.39 is 5.97 Å². The second kappa shape index (κ2) is 6.84. The highest BCUT2D eigenvalue weighted by Crippen LogP contribution is 2.38. The molecule has 8 heteroatoms. The van der Waals surface area contributed by atoms with Gasteiger partial charge in [0.25, 0.3) is 0 Å². The second-order valence-corrected chi connectivity index (χ2v) is 6.29. The van der Waals surface area contributed by atoms with Crippen LogP contribution in [0.3, 0.4) is 0 Å². The molecule has 26 heavy (non-hydrogen) atoms. The fourth-order valence-corrected chi connectivity index (χ4v) is 3.11. The summed E-state index contributed by atoms with van der Waals surface area (Å²) in [6, 6.07) is 5.24. The van der Waals surface area contributed by atoms with Crippen molar-refractivity contribution < 1.29 is 19.0 Å². The van der Waals surface area contributed by atoms with Gasteiger partial charge in [0, 0.05) is 18.8 Å². The number of ether oxygens (including phenoxy) is 3. The van der Waals surface area contributed by atoms with E-state index in [4.69, 9.17) is 25.8 Å². The van der Waals surface area contributed by atoms with Crippen LogP contribution in [0.5, 0.6) is 11.5 Å². The molecule has 0 spiro atoms. The zero-order valence-electron chi connectivity index (χ0n) is 14.1. The van der Waals surface area contributed by atoms with Crippen molar-refractivity contribution in [3.8, 4) is 11.5 Å². The number of benzene rings is 1. The molecular weight excluding hydrogens is 358 g/mol. The van der Waals surface area contributed by atoms with Crippen LogP contribution in [-0.2, 0) is 11.3 Å². The number of esters is 1. The van der Waals surface area contributed by atoms with Gasteiger partial charge in [0.05, 0.1) is 23.9 Å². The van der Waals surface area contributed by atoms with Crippen molar-refractivity contribution in [1.82, 2.24) is 14.6 Å². The summed E-state index contributed by atoms with van der Waals surface area (Å²) in [5.74, 6) is 0.608. The lowest BCUT2D eigenvalue weighted by molar-refractivity contribution is 0.0473. The van der Waals surface area contributed by atoms with Crippen molar-refractivity contribution in [3.63, 3.8) is 0 Å². The standard InChI is InChI=1S/C18H16ClN3O4/c1-11-15(17-20-4-2-5-22(17)21-11)18(23)26-10-12-8-13(19)16-14(9-12)24-6-3-7-25-16/h2,4-5,8-9H,3,6-7,10H2,1H3. The van der Waals surface area contributed by atoms with Crippen LogP contribution >= 0.6 is 11.6 Å². The minimum Gasteiger partial charge on any atom is -0.489 e. The van der Waals surface area contributed by atoms with E-state index in [0.717, 1.165) is 12.0 Å². The average molecular weight is 374 g/mol. The van der Waals surface area contributed by atoms with E-state index in [1.807, 2.05) is 0 Å². The van der Waals surface area contributed by atoms with Crippen molar-refractivity contribution in [2.24, 2.45) is 0 Å². The number of halogens is 1. The summed E-state index contributed by atoms with van der Waals surface area (Å²) in [6.07, 6.45) is 4.13. The molecule has 1 aliphatic heterocycles. The summed E-state index contributed by atoms with van der Waals surface area (Å²) in [5, 5.41) is 4.70. The predicted octanol–water partition coefficient (Wildman–Crippen LogP) is 3.21. The normalized spacial score (nSPS) is 13.5. The summed E-state index contributed by atoms with van der Waals surface area (Å²) in [7, 11) is 0. The Morgan fingerprint density at radius 1 is 1.35 bits per heavy atom. The Morgan fingerprint density at radius 2 is 2.19 bits per heavy atom. The highest BCUT2D eigenvalue weighted by molar-refractivity contribution is 6.32. The summed E-state index contributed by atoms with van der Waals surface area (Å²) in [4.78, 5) is 16.7. The molecule has 3 aromatic rings. The SMILES string of the molecule is Cc1nn2cccnc2c1C(=O)OCc1cc(Cl)c2c(c1)OCCCO2. The number of hydrogen-bond donors (Lipinski definition) is 0. The summed E-state index contributed by atoms with van der Waals surface area (Å²) in [5.41, 5.74) is 2.10. The number of fused-ring (bicyclic) bond motifs is 2. The van der Waals surface area contributed by atoms with Gasteiger partial charge in [-0.05, 0) is 30.7 Å². The van der Waals surface area contributed by atoms with Crippen molar-refractivity contribution in [3.05, 3.63) is 52.4 Å². The number of aryl methyl sites for hydroxylation is 1. The molecule has 0 saturated carbocycles. The van der Waals surface area contributed by atoms with E-state index in [9.17, 15) is 4.79 Å². The first-order valence-electron chi connectivity index (χ1n) is 8.18. The minimum absolute atomic E-state index is 0.0544. The third-order valence-electron chi connectivity index (χ3n) is 4.01. The number of nitrogens with zero attached hydrogens (tertiary/aromatic N) is 3. The molecule has 0 N–H and O–H groups in total. The van der Waals surface area contributed by atoms with Crippen molar-refractivity contribution in [2.45, 2.75) is 20.0 Å². The molecule has 0 aliphatic carbocycles. The molecule has 0 unspecified atom stereocenters. The molecule has 4 rings (SSSR count). The molecule has 7 nitrogen and oxygen atoms in total. The molecule has 0 amide bonds. The van der Waals surface area contributed by atoms with Crippen molar-refractivity contribution in [1.29, 1.82) is 0 Å². The van der Waals surface area contributed by atoms with Gasteiger partial charge in [-0.2, -0.15) is 5.10 Å². The van der Waals surface area contributed by atoms with Crippen molar-refractivity contribution >= 4 is 23.2 Å². The fraction of sp³-hybridized carbons (Fsp3) is 0.278. The van der Waals surface area contributed by atoms with Gasteiger partial charge < -0.3 is 14.2 Å². The second-order valence-electron chi connectivity index (χ2n) is 5.88. The van der Waals surface area contributed by atoms with E-state index in [2.05, 4.69) is 10.1 Å². The molecule has 134 valence electrons. The summed E-state index contributed by atoms with van der Waals surface area (Å²) < 4.78 is 18.3. The zero-order chi connectivity index (χ0) is 18.1. The van der Waals surface area contributed by atoms with Gasteiger partial charge in [-0.3, -0.25) is 0 Å². The largest absolute Gasteiger partial charge is 0.489 e. The van der Waals surface area contributed by atoms with Crippen LogP contribution < -0.4 is 9.47 Å². The van der Waals surface area contributed by atoms with E-state index in [1.54, 1.807) is 42.0 Å². The number of aromatic nitrogens is 3. The highest BCUT2D eigenvalue weighted by atomic mass is 35.5. The van der Waals surface area contributed by atoms with Crippen LogP contribution in [0.15, 0.2) is 30.6 Å². The van der Waals surface area contributed by atoms with Gasteiger partial charge >= 0.3 is 5.97 Å². The smallest absolute Gasteiger partial charge is 0.344 e. The Bertz CT molecular complexity index is 986. The third kappa shape index (κ3) is 3.06. The maximum atomic E-state index is 12.5. The van der Waals surface area contributed by atoms with E-state index in [1.165, 1.54) is 0 Å². The zero-order valence-corrected chi connectivity index (χ0v) is 14.8. The molecule has 3 heterocycles. The highest BCUT2D eigenvalue weighted by Gasteiger charge is 2.21.